The molecule has 0 radical (unpaired) electrons. The van der Waals surface area contributed by atoms with Gasteiger partial charge in [-0.2, -0.15) is 0 Å². The molecule has 0 bridgehead atoms. The normalized spacial score (nSPS) is 21.5. The molecule has 1 atom stereocenters. The van der Waals surface area contributed by atoms with Gasteiger partial charge in [-0.15, -0.1) is 0 Å². The van der Waals surface area contributed by atoms with Crippen molar-refractivity contribution in [3.63, 3.8) is 0 Å². The van der Waals surface area contributed by atoms with E-state index in [0.29, 0.717) is 31.6 Å². The van der Waals surface area contributed by atoms with Gasteiger partial charge in [0.15, 0.2) is 0 Å². The highest BCUT2D eigenvalue weighted by Crippen LogP contribution is 2.40. The lowest BCUT2D eigenvalue weighted by molar-refractivity contribution is -0.385. The minimum absolute atomic E-state index is 0.104. The Kier molecular flexibility index (Phi) is 4.32. The standard InChI is InChI=1S/C13H16ClN3O4/c1-2-4-13(12(18)19)5-3-6-16(13)11-10(14)7-9(8-15-11)17(20)21/h7-8H,2-6H2,1H3,(H,18,19). The van der Waals surface area contributed by atoms with Crippen LogP contribution in [0.5, 0.6) is 0 Å². The quantitative estimate of drug-likeness (QED) is 0.663. The van der Waals surface area contributed by atoms with Crippen molar-refractivity contribution in [1.29, 1.82) is 0 Å². The number of nitrogens with zero attached hydrogens (tertiary/aromatic N) is 3. The summed E-state index contributed by atoms with van der Waals surface area (Å²) in [7, 11) is 0. The first kappa shape index (κ1) is 15.5. The molecule has 1 aromatic rings. The van der Waals surface area contributed by atoms with Gasteiger partial charge in [0.05, 0.1) is 9.95 Å². The van der Waals surface area contributed by atoms with Gasteiger partial charge in [-0.3, -0.25) is 10.1 Å². The molecule has 1 aliphatic heterocycles. The van der Waals surface area contributed by atoms with E-state index in [1.807, 2.05) is 6.92 Å². The van der Waals surface area contributed by atoms with E-state index >= 15 is 0 Å². The Morgan fingerprint density at radius 1 is 1.67 bits per heavy atom. The van der Waals surface area contributed by atoms with Crippen molar-refractivity contribution in [2.24, 2.45) is 0 Å². The van der Waals surface area contributed by atoms with Crippen LogP contribution in [0.25, 0.3) is 0 Å². The summed E-state index contributed by atoms with van der Waals surface area (Å²) in [6.07, 6.45) is 3.55. The lowest BCUT2D eigenvalue weighted by Gasteiger charge is -2.35. The van der Waals surface area contributed by atoms with E-state index in [-0.39, 0.29) is 10.7 Å². The summed E-state index contributed by atoms with van der Waals surface area (Å²) in [5.74, 6) is -0.603. The molecular formula is C13H16ClN3O4. The molecule has 2 heterocycles. The summed E-state index contributed by atoms with van der Waals surface area (Å²) in [4.78, 5) is 27.6. The number of rotatable bonds is 5. The van der Waals surface area contributed by atoms with Crippen LogP contribution in [0.1, 0.15) is 32.6 Å². The van der Waals surface area contributed by atoms with Crippen LogP contribution in [0.15, 0.2) is 12.3 Å². The molecule has 0 aliphatic carbocycles. The van der Waals surface area contributed by atoms with E-state index in [0.717, 1.165) is 12.6 Å². The predicted octanol–water partition coefficient (Wildman–Crippen LogP) is 2.87. The Morgan fingerprint density at radius 2 is 2.38 bits per heavy atom. The number of aliphatic carboxylic acids is 1. The molecule has 1 saturated heterocycles. The highest BCUT2D eigenvalue weighted by Gasteiger charge is 2.48. The molecule has 0 amide bonds. The predicted molar refractivity (Wildman–Crippen MR) is 77.8 cm³/mol. The van der Waals surface area contributed by atoms with Gasteiger partial charge in [-0.1, -0.05) is 24.9 Å². The molecule has 1 fully saturated rings. The van der Waals surface area contributed by atoms with Crippen LogP contribution in [0, 0.1) is 10.1 Å². The largest absolute Gasteiger partial charge is 0.479 e. The highest BCUT2D eigenvalue weighted by molar-refractivity contribution is 6.33. The molecule has 114 valence electrons. The molecule has 0 spiro atoms. The molecule has 2 rings (SSSR count). The van der Waals surface area contributed by atoms with Gasteiger partial charge in [0.2, 0.25) is 0 Å². The molecule has 1 N–H and O–H groups in total. The number of carboxylic acid groups (broad SMARTS) is 1. The van der Waals surface area contributed by atoms with Crippen molar-refractivity contribution < 1.29 is 14.8 Å². The first-order valence-corrected chi connectivity index (χ1v) is 7.11. The Bertz CT molecular complexity index is 581. The zero-order valence-corrected chi connectivity index (χ0v) is 12.3. The SMILES string of the molecule is CCCC1(C(=O)O)CCCN1c1ncc([N+](=O)[O-])cc1Cl. The van der Waals surface area contributed by atoms with E-state index in [2.05, 4.69) is 4.98 Å². The van der Waals surface area contributed by atoms with E-state index in [1.165, 1.54) is 6.07 Å². The van der Waals surface area contributed by atoms with E-state index in [9.17, 15) is 20.0 Å². The van der Waals surface area contributed by atoms with Gasteiger partial charge in [-0.25, -0.2) is 9.78 Å². The van der Waals surface area contributed by atoms with Crippen molar-refractivity contribution in [2.45, 2.75) is 38.1 Å². The fourth-order valence-corrected chi connectivity index (χ4v) is 3.17. The number of pyridine rings is 1. The molecule has 7 nitrogen and oxygen atoms in total. The Morgan fingerprint density at radius 3 is 2.90 bits per heavy atom. The number of aromatic nitrogens is 1. The van der Waals surface area contributed by atoms with Crippen LogP contribution in [0.4, 0.5) is 11.5 Å². The molecule has 0 saturated carbocycles. The number of hydrogen-bond acceptors (Lipinski definition) is 5. The fraction of sp³-hybridized carbons (Fsp3) is 0.538. The lowest BCUT2D eigenvalue weighted by Crippen LogP contribution is -2.51. The first-order chi connectivity index (χ1) is 9.92. The third-order valence-electron chi connectivity index (χ3n) is 3.82. The summed E-state index contributed by atoms with van der Waals surface area (Å²) >= 11 is 6.08. The van der Waals surface area contributed by atoms with Gasteiger partial charge in [-0.05, 0) is 19.3 Å². The van der Waals surface area contributed by atoms with Gasteiger partial charge in [0.25, 0.3) is 5.69 Å². The van der Waals surface area contributed by atoms with Gasteiger partial charge >= 0.3 is 5.97 Å². The third kappa shape index (κ3) is 2.65. The number of anilines is 1. The second kappa shape index (κ2) is 5.85. The van der Waals surface area contributed by atoms with E-state index < -0.39 is 16.4 Å². The van der Waals surface area contributed by atoms with Gasteiger partial charge < -0.3 is 10.0 Å². The number of carboxylic acids is 1. The maximum absolute atomic E-state index is 11.8. The Balaban J connectivity index is 2.44. The van der Waals surface area contributed by atoms with Crippen molar-refractivity contribution in [2.75, 3.05) is 11.4 Å². The van der Waals surface area contributed by atoms with Crippen molar-refractivity contribution in [3.05, 3.63) is 27.4 Å². The molecule has 1 aliphatic rings. The van der Waals surface area contributed by atoms with Crippen LogP contribution < -0.4 is 4.90 Å². The van der Waals surface area contributed by atoms with Crippen LogP contribution in [0.3, 0.4) is 0 Å². The van der Waals surface area contributed by atoms with Crippen LogP contribution in [-0.4, -0.2) is 33.1 Å². The zero-order valence-electron chi connectivity index (χ0n) is 11.6. The van der Waals surface area contributed by atoms with E-state index in [1.54, 1.807) is 4.90 Å². The average Bonchev–Trinajstić information content (AvgIpc) is 2.84. The molecule has 21 heavy (non-hydrogen) atoms. The molecular weight excluding hydrogens is 298 g/mol. The summed E-state index contributed by atoms with van der Waals surface area (Å²) < 4.78 is 0. The second-order valence-electron chi connectivity index (χ2n) is 5.10. The lowest BCUT2D eigenvalue weighted by atomic mass is 9.90. The molecule has 0 aromatic carbocycles. The first-order valence-electron chi connectivity index (χ1n) is 6.73. The maximum Gasteiger partial charge on any atom is 0.329 e. The Labute approximate surface area is 126 Å². The highest BCUT2D eigenvalue weighted by atomic mass is 35.5. The Hall–Kier alpha value is -1.89. The van der Waals surface area contributed by atoms with Crippen LogP contribution in [0.2, 0.25) is 5.02 Å². The smallest absolute Gasteiger partial charge is 0.329 e. The van der Waals surface area contributed by atoms with Gasteiger partial charge in [0, 0.05) is 12.6 Å². The number of hydrogen-bond donors (Lipinski definition) is 1. The van der Waals surface area contributed by atoms with Crippen LogP contribution >= 0.6 is 11.6 Å². The zero-order chi connectivity index (χ0) is 15.6. The number of nitro groups is 1. The molecule has 1 aromatic heterocycles. The second-order valence-corrected chi connectivity index (χ2v) is 5.51. The van der Waals surface area contributed by atoms with Crippen molar-refractivity contribution in [3.8, 4) is 0 Å². The van der Waals surface area contributed by atoms with Gasteiger partial charge in [0.1, 0.15) is 17.6 Å². The van der Waals surface area contributed by atoms with E-state index in [4.69, 9.17) is 11.6 Å². The topological polar surface area (TPSA) is 96.6 Å². The summed E-state index contributed by atoms with van der Waals surface area (Å²) in [5, 5.41) is 20.5. The molecule has 1 unspecified atom stereocenters. The number of halogens is 1. The van der Waals surface area contributed by atoms with Crippen LogP contribution in [-0.2, 0) is 4.79 Å². The summed E-state index contributed by atoms with van der Waals surface area (Å²) in [5.41, 5.74) is -1.24. The van der Waals surface area contributed by atoms with Crippen molar-refractivity contribution >= 4 is 29.1 Å². The number of carbonyl (C=O) groups is 1. The third-order valence-corrected chi connectivity index (χ3v) is 4.10. The van der Waals surface area contributed by atoms with Crippen molar-refractivity contribution in [1.82, 2.24) is 4.98 Å². The average molecular weight is 314 g/mol. The summed E-state index contributed by atoms with van der Waals surface area (Å²) in [6, 6.07) is 1.21. The summed E-state index contributed by atoms with van der Waals surface area (Å²) in [6.45, 7) is 2.45. The molecule has 8 heteroatoms. The minimum atomic E-state index is -1.03. The monoisotopic (exact) mass is 313 g/mol. The minimum Gasteiger partial charge on any atom is -0.479 e. The fourth-order valence-electron chi connectivity index (χ4n) is 2.91. The maximum atomic E-state index is 11.8.